The molecule has 134 valence electrons. The highest BCUT2D eigenvalue weighted by Gasteiger charge is 2.12. The SMILES string of the molecule is CN(CCC#N)C(=O)COC(=O)CSCC(=O)Nc1ccc(Cl)cc1. The lowest BCUT2D eigenvalue weighted by Crippen LogP contribution is -2.32. The second-order valence-electron chi connectivity index (χ2n) is 4.93. The number of benzene rings is 1. The zero-order valence-corrected chi connectivity index (χ0v) is 15.2. The van der Waals surface area contributed by atoms with E-state index in [1.54, 1.807) is 24.3 Å². The number of nitriles is 1. The Labute approximate surface area is 155 Å². The van der Waals surface area contributed by atoms with Crippen molar-refractivity contribution in [3.05, 3.63) is 29.3 Å². The fourth-order valence-electron chi connectivity index (χ4n) is 1.59. The van der Waals surface area contributed by atoms with Crippen molar-refractivity contribution in [3.8, 4) is 6.07 Å². The van der Waals surface area contributed by atoms with Crippen molar-refractivity contribution in [3.63, 3.8) is 0 Å². The molecule has 0 bridgehead atoms. The monoisotopic (exact) mass is 383 g/mol. The minimum Gasteiger partial charge on any atom is -0.455 e. The van der Waals surface area contributed by atoms with Crippen molar-refractivity contribution >= 4 is 46.8 Å². The Morgan fingerprint density at radius 1 is 1.28 bits per heavy atom. The van der Waals surface area contributed by atoms with Crippen LogP contribution in [0.5, 0.6) is 0 Å². The topological polar surface area (TPSA) is 99.5 Å². The van der Waals surface area contributed by atoms with Gasteiger partial charge >= 0.3 is 5.97 Å². The van der Waals surface area contributed by atoms with Gasteiger partial charge in [-0.25, -0.2) is 0 Å². The third-order valence-corrected chi connectivity index (χ3v) is 4.08. The van der Waals surface area contributed by atoms with Crippen molar-refractivity contribution in [1.29, 1.82) is 5.26 Å². The number of hydrogen-bond donors (Lipinski definition) is 1. The van der Waals surface area contributed by atoms with Crippen molar-refractivity contribution in [2.24, 2.45) is 0 Å². The summed E-state index contributed by atoms with van der Waals surface area (Å²) in [5.41, 5.74) is 0.614. The molecule has 0 aromatic heterocycles. The highest BCUT2D eigenvalue weighted by atomic mass is 35.5. The number of ether oxygens (including phenoxy) is 1. The van der Waals surface area contributed by atoms with Crippen molar-refractivity contribution < 1.29 is 19.1 Å². The molecular formula is C16H18ClN3O4S. The highest BCUT2D eigenvalue weighted by Crippen LogP contribution is 2.13. The van der Waals surface area contributed by atoms with Crippen LogP contribution >= 0.6 is 23.4 Å². The molecule has 0 saturated heterocycles. The fourth-order valence-corrected chi connectivity index (χ4v) is 2.33. The van der Waals surface area contributed by atoms with Crippen LogP contribution in [-0.2, 0) is 19.1 Å². The number of carbonyl (C=O) groups is 3. The summed E-state index contributed by atoms with van der Waals surface area (Å²) in [5.74, 6) is -1.18. The van der Waals surface area contributed by atoms with Crippen molar-refractivity contribution in [2.75, 3.05) is 37.0 Å². The predicted octanol–water partition coefficient (Wildman–Crippen LogP) is 1.93. The number of halogens is 1. The first-order chi connectivity index (χ1) is 11.9. The molecule has 0 aliphatic carbocycles. The normalized spacial score (nSPS) is 9.80. The second kappa shape index (κ2) is 11.3. The summed E-state index contributed by atoms with van der Waals surface area (Å²) >= 11 is 6.84. The third-order valence-electron chi connectivity index (χ3n) is 2.92. The molecule has 0 aliphatic rings. The predicted molar refractivity (Wildman–Crippen MR) is 96.2 cm³/mol. The van der Waals surface area contributed by atoms with Crippen LogP contribution in [0.1, 0.15) is 6.42 Å². The van der Waals surface area contributed by atoms with Crippen molar-refractivity contribution in [2.45, 2.75) is 6.42 Å². The van der Waals surface area contributed by atoms with Gasteiger partial charge in [0.15, 0.2) is 6.61 Å². The standard InChI is InChI=1S/C16H18ClN3O4S/c1-20(8-2-7-18)15(22)9-24-16(23)11-25-10-14(21)19-13-5-3-12(17)4-6-13/h3-6H,2,8-11H2,1H3,(H,19,21). The average Bonchev–Trinajstić information content (AvgIpc) is 2.59. The molecule has 7 nitrogen and oxygen atoms in total. The second-order valence-corrected chi connectivity index (χ2v) is 6.35. The molecule has 0 atom stereocenters. The molecule has 1 aromatic rings. The smallest absolute Gasteiger partial charge is 0.316 e. The molecule has 0 saturated carbocycles. The van der Waals surface area contributed by atoms with Crippen LogP contribution in [0, 0.1) is 11.3 Å². The molecule has 1 rings (SSSR count). The number of thioether (sulfide) groups is 1. The maximum atomic E-state index is 11.7. The largest absolute Gasteiger partial charge is 0.455 e. The average molecular weight is 384 g/mol. The molecule has 0 radical (unpaired) electrons. The zero-order chi connectivity index (χ0) is 18.7. The van der Waals surface area contributed by atoms with Crippen LogP contribution in [0.15, 0.2) is 24.3 Å². The first-order valence-electron chi connectivity index (χ1n) is 7.32. The third kappa shape index (κ3) is 8.98. The molecule has 25 heavy (non-hydrogen) atoms. The van der Waals surface area contributed by atoms with E-state index in [0.717, 1.165) is 11.8 Å². The van der Waals surface area contributed by atoms with E-state index >= 15 is 0 Å². The quantitative estimate of drug-likeness (QED) is 0.654. The molecular weight excluding hydrogens is 366 g/mol. The summed E-state index contributed by atoms with van der Waals surface area (Å²) < 4.78 is 4.84. The van der Waals surface area contributed by atoms with E-state index in [0.29, 0.717) is 10.7 Å². The van der Waals surface area contributed by atoms with E-state index < -0.39 is 5.97 Å². The van der Waals surface area contributed by atoms with Crippen LogP contribution in [0.3, 0.4) is 0 Å². The lowest BCUT2D eigenvalue weighted by atomic mass is 10.3. The van der Waals surface area contributed by atoms with Crippen LogP contribution in [-0.4, -0.2) is 54.4 Å². The van der Waals surface area contributed by atoms with E-state index in [1.807, 2.05) is 6.07 Å². The van der Waals surface area contributed by atoms with E-state index in [9.17, 15) is 14.4 Å². The minimum atomic E-state index is -0.577. The van der Waals surface area contributed by atoms with Gasteiger partial charge in [-0.05, 0) is 24.3 Å². The molecule has 0 unspecified atom stereocenters. The Kier molecular flexibility index (Phi) is 9.43. The van der Waals surface area contributed by atoms with Gasteiger partial charge < -0.3 is 15.0 Å². The maximum Gasteiger partial charge on any atom is 0.316 e. The van der Waals surface area contributed by atoms with E-state index in [2.05, 4.69) is 5.32 Å². The minimum absolute atomic E-state index is 0.0385. The van der Waals surface area contributed by atoms with Gasteiger partial charge in [0, 0.05) is 24.3 Å². The Balaban J connectivity index is 2.19. The first-order valence-corrected chi connectivity index (χ1v) is 8.85. The summed E-state index contributed by atoms with van der Waals surface area (Å²) in [5, 5.41) is 11.7. The number of hydrogen-bond acceptors (Lipinski definition) is 6. The van der Waals surface area contributed by atoms with E-state index in [-0.39, 0.29) is 42.9 Å². The van der Waals surface area contributed by atoms with Gasteiger partial charge in [0.25, 0.3) is 5.91 Å². The maximum absolute atomic E-state index is 11.7. The number of anilines is 1. The summed E-state index contributed by atoms with van der Waals surface area (Å²) in [6.45, 7) is -0.0925. The Morgan fingerprint density at radius 3 is 2.60 bits per heavy atom. The van der Waals surface area contributed by atoms with Gasteiger partial charge in [0.05, 0.1) is 24.0 Å². The summed E-state index contributed by atoms with van der Waals surface area (Å²) in [4.78, 5) is 36.2. The lowest BCUT2D eigenvalue weighted by molar-refractivity contribution is -0.149. The van der Waals surface area contributed by atoms with Gasteiger partial charge in [-0.15, -0.1) is 11.8 Å². The van der Waals surface area contributed by atoms with E-state index in [1.165, 1.54) is 11.9 Å². The number of nitrogens with one attached hydrogen (secondary N) is 1. The summed E-state index contributed by atoms with van der Waals surface area (Å²) in [7, 11) is 1.53. The number of carbonyl (C=O) groups excluding carboxylic acids is 3. The summed E-state index contributed by atoms with van der Waals surface area (Å²) in [6.07, 6.45) is 0.217. The Hall–Kier alpha value is -2.24. The number of nitrogens with zero attached hydrogens (tertiary/aromatic N) is 2. The summed E-state index contributed by atoms with van der Waals surface area (Å²) in [6, 6.07) is 8.59. The number of likely N-dealkylation sites (N-methyl/N-ethyl adjacent to an activating group) is 1. The van der Waals surface area contributed by atoms with Gasteiger partial charge in [0.1, 0.15) is 0 Å². The number of esters is 1. The highest BCUT2D eigenvalue weighted by molar-refractivity contribution is 8.00. The van der Waals surface area contributed by atoms with Gasteiger partial charge in [-0.3, -0.25) is 14.4 Å². The van der Waals surface area contributed by atoms with Crippen LogP contribution in [0.2, 0.25) is 5.02 Å². The molecule has 0 aliphatic heterocycles. The number of rotatable bonds is 9. The van der Waals surface area contributed by atoms with Crippen LogP contribution < -0.4 is 5.32 Å². The van der Waals surface area contributed by atoms with Crippen LogP contribution in [0.4, 0.5) is 5.69 Å². The van der Waals surface area contributed by atoms with Gasteiger partial charge in [-0.1, -0.05) is 11.6 Å². The first kappa shape index (κ1) is 20.8. The van der Waals surface area contributed by atoms with Gasteiger partial charge in [-0.2, -0.15) is 5.26 Å². The molecule has 1 N–H and O–H groups in total. The molecule has 9 heteroatoms. The fraction of sp³-hybridized carbons (Fsp3) is 0.375. The molecule has 2 amide bonds. The van der Waals surface area contributed by atoms with Gasteiger partial charge in [0.2, 0.25) is 5.91 Å². The molecule has 0 spiro atoms. The Bertz CT molecular complexity index is 646. The van der Waals surface area contributed by atoms with E-state index in [4.69, 9.17) is 21.6 Å². The van der Waals surface area contributed by atoms with Crippen molar-refractivity contribution in [1.82, 2.24) is 4.90 Å². The number of amides is 2. The lowest BCUT2D eigenvalue weighted by Gasteiger charge is -2.15. The zero-order valence-electron chi connectivity index (χ0n) is 13.7. The van der Waals surface area contributed by atoms with Crippen LogP contribution in [0.25, 0.3) is 0 Å². The molecule has 1 aromatic carbocycles. The molecule has 0 heterocycles. The molecule has 0 fully saturated rings. The Morgan fingerprint density at radius 2 is 1.96 bits per heavy atom.